The van der Waals surface area contributed by atoms with E-state index in [0.717, 1.165) is 23.0 Å². The Balaban J connectivity index is 1.29. The Labute approximate surface area is 177 Å². The molecule has 3 aliphatic rings. The molecular weight excluding hydrogens is 457 g/mol. The van der Waals surface area contributed by atoms with Crippen LogP contribution in [0.3, 0.4) is 0 Å². The van der Waals surface area contributed by atoms with Gasteiger partial charge in [0.05, 0.1) is 11.5 Å². The molecule has 4 heterocycles. The van der Waals surface area contributed by atoms with Crippen molar-refractivity contribution in [3.8, 4) is 10.6 Å². The van der Waals surface area contributed by atoms with E-state index in [9.17, 15) is 21.6 Å². The number of rotatable bonds is 5. The maximum atomic E-state index is 13.1. The van der Waals surface area contributed by atoms with Gasteiger partial charge in [-0.1, -0.05) is 35.5 Å². The lowest BCUT2D eigenvalue weighted by atomic mass is 9.97. The molecule has 1 aromatic carbocycles. The number of halogens is 3. The second kappa shape index (κ2) is 5.95. The van der Waals surface area contributed by atoms with Gasteiger partial charge in [0.1, 0.15) is 21.0 Å². The second-order valence-electron chi connectivity index (χ2n) is 7.60. The summed E-state index contributed by atoms with van der Waals surface area (Å²) in [6.07, 6.45) is -5.36. The molecule has 0 radical (unpaired) electrons. The minimum absolute atomic E-state index is 0.0476. The van der Waals surface area contributed by atoms with Crippen molar-refractivity contribution in [2.45, 2.75) is 27.8 Å². The van der Waals surface area contributed by atoms with E-state index in [-0.39, 0.29) is 20.7 Å². The van der Waals surface area contributed by atoms with E-state index in [2.05, 4.69) is 14.4 Å². The molecule has 6 rings (SSSR count). The van der Waals surface area contributed by atoms with Crippen LogP contribution in [0.15, 0.2) is 57.3 Å². The van der Waals surface area contributed by atoms with E-state index in [1.807, 2.05) is 30.3 Å². The number of benzene rings is 1. The summed E-state index contributed by atoms with van der Waals surface area (Å²) in [5.41, 5.74) is -0.874. The van der Waals surface area contributed by atoms with Gasteiger partial charge in [-0.25, -0.2) is 8.42 Å². The molecule has 4 atom stereocenters. The summed E-state index contributed by atoms with van der Waals surface area (Å²) in [6.45, 7) is 0.372. The SMILES string of the molecule is O=S(=O)(N[C@@]12C3OC[C@@H]1[C@]2(c1ccccc1)O3)c1ccc(-c2cc(C(F)(F)F)on2)s1. The molecule has 3 aromatic rings. The van der Waals surface area contributed by atoms with Gasteiger partial charge in [0.2, 0.25) is 5.76 Å². The highest BCUT2D eigenvalue weighted by molar-refractivity contribution is 7.91. The number of sulfonamides is 1. The van der Waals surface area contributed by atoms with Crippen LogP contribution in [0.2, 0.25) is 0 Å². The lowest BCUT2D eigenvalue weighted by Crippen LogP contribution is -2.61. The summed E-state index contributed by atoms with van der Waals surface area (Å²) in [5, 5.41) is 3.40. The summed E-state index contributed by atoms with van der Waals surface area (Å²) < 4.78 is 83.0. The van der Waals surface area contributed by atoms with Gasteiger partial charge in [-0.2, -0.15) is 17.9 Å². The number of ether oxygens (including phenoxy) is 2. The molecule has 2 aliphatic heterocycles. The van der Waals surface area contributed by atoms with Crippen molar-refractivity contribution in [3.05, 3.63) is 59.9 Å². The second-order valence-corrected chi connectivity index (χ2v) is 10.6. The Kier molecular flexibility index (Phi) is 3.73. The van der Waals surface area contributed by atoms with Crippen LogP contribution in [0.4, 0.5) is 13.2 Å². The minimum Gasteiger partial charge on any atom is -0.351 e. The molecule has 2 aromatic heterocycles. The highest BCUT2D eigenvalue weighted by Crippen LogP contribution is 2.77. The molecular formula is C19H13F3N2O5S2. The molecule has 1 saturated carbocycles. The average Bonchev–Trinajstić information content (AvgIpc) is 3.32. The van der Waals surface area contributed by atoms with E-state index in [1.165, 1.54) is 12.1 Å². The van der Waals surface area contributed by atoms with Crippen molar-refractivity contribution >= 4 is 21.4 Å². The molecule has 31 heavy (non-hydrogen) atoms. The Hall–Kier alpha value is -2.25. The number of nitrogens with zero attached hydrogens (tertiary/aromatic N) is 1. The predicted octanol–water partition coefficient (Wildman–Crippen LogP) is 3.35. The smallest absolute Gasteiger partial charge is 0.351 e. The first-order chi connectivity index (χ1) is 14.7. The largest absolute Gasteiger partial charge is 0.452 e. The normalized spacial score (nSPS) is 31.3. The van der Waals surface area contributed by atoms with Gasteiger partial charge < -0.3 is 14.0 Å². The van der Waals surface area contributed by atoms with E-state index in [4.69, 9.17) is 9.47 Å². The summed E-state index contributed by atoms with van der Waals surface area (Å²) in [4.78, 5) is 0.242. The lowest BCUT2D eigenvalue weighted by molar-refractivity contribution is -0.288. The van der Waals surface area contributed by atoms with Gasteiger partial charge in [0.15, 0.2) is 6.29 Å². The molecule has 12 heteroatoms. The zero-order valence-corrected chi connectivity index (χ0v) is 17.1. The zero-order chi connectivity index (χ0) is 21.6. The monoisotopic (exact) mass is 470 g/mol. The Bertz CT molecular complexity index is 1290. The molecule has 2 saturated heterocycles. The number of hydrogen-bond donors (Lipinski definition) is 1. The third-order valence-electron chi connectivity index (χ3n) is 6.04. The molecule has 1 unspecified atom stereocenters. The van der Waals surface area contributed by atoms with Crippen LogP contribution in [-0.4, -0.2) is 32.0 Å². The molecule has 3 fully saturated rings. The molecule has 7 nitrogen and oxygen atoms in total. The minimum atomic E-state index is -4.67. The van der Waals surface area contributed by atoms with Crippen molar-refractivity contribution < 1.29 is 35.6 Å². The average molecular weight is 470 g/mol. The van der Waals surface area contributed by atoms with Gasteiger partial charge in [0, 0.05) is 12.0 Å². The van der Waals surface area contributed by atoms with E-state index < -0.39 is 39.4 Å². The van der Waals surface area contributed by atoms with Crippen molar-refractivity contribution in [1.29, 1.82) is 0 Å². The van der Waals surface area contributed by atoms with Crippen molar-refractivity contribution in [2.75, 3.05) is 6.61 Å². The van der Waals surface area contributed by atoms with Gasteiger partial charge in [0.25, 0.3) is 10.0 Å². The van der Waals surface area contributed by atoms with E-state index in [1.54, 1.807) is 0 Å². The van der Waals surface area contributed by atoms with Gasteiger partial charge in [-0.3, -0.25) is 0 Å². The number of hydrogen-bond acceptors (Lipinski definition) is 7. The molecule has 0 spiro atoms. The van der Waals surface area contributed by atoms with Gasteiger partial charge in [-0.15, -0.1) is 11.3 Å². The summed E-state index contributed by atoms with van der Waals surface area (Å²) >= 11 is 0.806. The number of fused-ring (bicyclic) bond motifs is 1. The molecule has 162 valence electrons. The molecule has 0 bridgehead atoms. The molecule has 1 N–H and O–H groups in total. The summed E-state index contributed by atoms with van der Waals surface area (Å²) in [5.74, 6) is -1.41. The predicted molar refractivity (Wildman–Crippen MR) is 100 cm³/mol. The number of aromatic nitrogens is 1. The van der Waals surface area contributed by atoms with Crippen molar-refractivity contribution in [3.63, 3.8) is 0 Å². The van der Waals surface area contributed by atoms with Crippen LogP contribution >= 0.6 is 11.3 Å². The topological polar surface area (TPSA) is 90.7 Å². The van der Waals surface area contributed by atoms with Crippen molar-refractivity contribution in [2.24, 2.45) is 5.92 Å². The summed E-state index contributed by atoms with van der Waals surface area (Å²) in [6, 6.07) is 12.8. The lowest BCUT2D eigenvalue weighted by Gasteiger charge is -2.43. The number of nitrogens with one attached hydrogen (secondary N) is 1. The van der Waals surface area contributed by atoms with E-state index >= 15 is 0 Å². The Morgan fingerprint density at radius 1 is 1.16 bits per heavy atom. The van der Waals surface area contributed by atoms with Crippen molar-refractivity contribution in [1.82, 2.24) is 9.88 Å². The van der Waals surface area contributed by atoms with Crippen LogP contribution in [0.25, 0.3) is 10.6 Å². The van der Waals surface area contributed by atoms with Crippen LogP contribution < -0.4 is 4.72 Å². The fourth-order valence-corrected chi connectivity index (χ4v) is 7.36. The van der Waals surface area contributed by atoms with Gasteiger partial charge >= 0.3 is 6.18 Å². The maximum Gasteiger partial charge on any atom is 0.452 e. The molecule has 1 aliphatic carbocycles. The Morgan fingerprint density at radius 2 is 1.94 bits per heavy atom. The van der Waals surface area contributed by atoms with E-state index in [0.29, 0.717) is 6.61 Å². The zero-order valence-electron chi connectivity index (χ0n) is 15.4. The highest BCUT2D eigenvalue weighted by Gasteiger charge is 2.94. The Morgan fingerprint density at radius 3 is 2.65 bits per heavy atom. The first kappa shape index (κ1) is 19.4. The first-order valence-electron chi connectivity index (χ1n) is 9.21. The fourth-order valence-electron chi connectivity index (χ4n) is 4.66. The van der Waals surface area contributed by atoms with Crippen LogP contribution in [0.1, 0.15) is 11.3 Å². The first-order valence-corrected chi connectivity index (χ1v) is 11.5. The van der Waals surface area contributed by atoms with Gasteiger partial charge in [-0.05, 0) is 17.7 Å². The maximum absolute atomic E-state index is 13.1. The highest BCUT2D eigenvalue weighted by atomic mass is 32.2. The summed E-state index contributed by atoms with van der Waals surface area (Å²) in [7, 11) is -3.99. The van der Waals surface area contributed by atoms with Crippen LogP contribution in [-0.2, 0) is 31.3 Å². The number of thiophene rings is 1. The molecule has 0 amide bonds. The fraction of sp³-hybridized carbons (Fsp3) is 0.316. The van der Waals surface area contributed by atoms with Crippen LogP contribution in [0, 0.1) is 5.92 Å². The number of alkyl halides is 3. The third kappa shape index (κ3) is 2.44. The third-order valence-corrected chi connectivity index (χ3v) is 9.13. The van der Waals surface area contributed by atoms with Crippen LogP contribution in [0.5, 0.6) is 0 Å². The quantitative estimate of drug-likeness (QED) is 0.615. The standard InChI is InChI=1S/C19H13F3N2O5S2/c20-19(21,22)14-8-11(23-29-14)12-6-7-15(30-12)31(25,26)24-17-13-9-27-16(17)28-18(13,17)10-4-2-1-3-5-10/h1-8,13,16,24H,9H2/t13-,16?,17+,18-/m0/s1.